The van der Waals surface area contributed by atoms with Crippen LogP contribution < -0.4 is 5.32 Å². The number of aromatic nitrogens is 3. The summed E-state index contributed by atoms with van der Waals surface area (Å²) in [6, 6.07) is 1.43. The van der Waals surface area contributed by atoms with Gasteiger partial charge in [-0.1, -0.05) is 5.16 Å². The van der Waals surface area contributed by atoms with Crippen LogP contribution in [0.1, 0.15) is 23.9 Å². The maximum atomic E-state index is 12.3. The maximum Gasteiger partial charge on any atom is 0.243 e. The van der Waals surface area contributed by atoms with E-state index in [-0.39, 0.29) is 11.9 Å². The number of amides is 1. The maximum absolute atomic E-state index is 12.3. The molecule has 0 aliphatic carbocycles. The minimum atomic E-state index is -0.265. The van der Waals surface area contributed by atoms with Gasteiger partial charge < -0.3 is 4.52 Å². The summed E-state index contributed by atoms with van der Waals surface area (Å²) in [6.07, 6.45) is 4.25. The van der Waals surface area contributed by atoms with Gasteiger partial charge in [0, 0.05) is 25.4 Å². The van der Waals surface area contributed by atoms with Gasteiger partial charge in [0.25, 0.3) is 0 Å². The smallest absolute Gasteiger partial charge is 0.243 e. The number of anilines is 1. The molecule has 1 aliphatic rings. The van der Waals surface area contributed by atoms with E-state index >= 15 is 0 Å². The van der Waals surface area contributed by atoms with Crippen LogP contribution in [-0.4, -0.2) is 38.5 Å². The Bertz CT molecular complexity index is 654. The molecular weight excluding hydrogens is 270 g/mol. The SMILES string of the molecule is Cc1cc(NC(=O)[C@H](C)N2CCc3cncnc3C2)on1. The van der Waals surface area contributed by atoms with E-state index in [1.807, 2.05) is 20.0 Å². The molecule has 0 unspecified atom stereocenters. The Morgan fingerprint density at radius 1 is 1.52 bits per heavy atom. The third-order valence-electron chi connectivity index (χ3n) is 3.70. The Balaban J connectivity index is 1.66. The molecule has 3 rings (SSSR count). The Kier molecular flexibility index (Phi) is 3.66. The zero-order chi connectivity index (χ0) is 14.8. The molecule has 110 valence electrons. The minimum Gasteiger partial charge on any atom is -0.338 e. The molecule has 0 spiro atoms. The summed E-state index contributed by atoms with van der Waals surface area (Å²) in [7, 11) is 0. The second kappa shape index (κ2) is 5.61. The summed E-state index contributed by atoms with van der Waals surface area (Å²) in [5.41, 5.74) is 2.89. The van der Waals surface area contributed by atoms with Crippen molar-refractivity contribution in [2.24, 2.45) is 0 Å². The molecule has 0 fully saturated rings. The first-order valence-corrected chi connectivity index (χ1v) is 6.89. The van der Waals surface area contributed by atoms with Gasteiger partial charge in [-0.2, -0.15) is 0 Å². The number of hydrogen-bond donors (Lipinski definition) is 1. The summed E-state index contributed by atoms with van der Waals surface area (Å²) in [4.78, 5) is 22.7. The number of nitrogens with one attached hydrogen (secondary N) is 1. The van der Waals surface area contributed by atoms with Crippen molar-refractivity contribution in [3.8, 4) is 0 Å². The van der Waals surface area contributed by atoms with Gasteiger partial charge in [0.1, 0.15) is 6.33 Å². The van der Waals surface area contributed by atoms with Crippen molar-refractivity contribution < 1.29 is 9.32 Å². The van der Waals surface area contributed by atoms with Gasteiger partial charge in [-0.15, -0.1) is 0 Å². The molecule has 0 radical (unpaired) electrons. The van der Waals surface area contributed by atoms with E-state index in [1.54, 1.807) is 12.4 Å². The molecule has 3 heterocycles. The molecule has 0 aromatic carbocycles. The number of rotatable bonds is 3. The molecule has 1 N–H and O–H groups in total. The van der Waals surface area contributed by atoms with Crippen LogP contribution in [0.4, 0.5) is 5.88 Å². The van der Waals surface area contributed by atoms with Crippen LogP contribution >= 0.6 is 0 Å². The van der Waals surface area contributed by atoms with Gasteiger partial charge in [-0.3, -0.25) is 15.0 Å². The summed E-state index contributed by atoms with van der Waals surface area (Å²) in [5.74, 6) is 0.271. The monoisotopic (exact) mass is 287 g/mol. The van der Waals surface area contributed by atoms with Gasteiger partial charge in [0.15, 0.2) is 0 Å². The highest BCUT2D eigenvalue weighted by Gasteiger charge is 2.26. The van der Waals surface area contributed by atoms with Crippen LogP contribution in [0.2, 0.25) is 0 Å². The first-order chi connectivity index (χ1) is 10.1. The van der Waals surface area contributed by atoms with Crippen LogP contribution in [0.3, 0.4) is 0 Å². The van der Waals surface area contributed by atoms with Crippen molar-refractivity contribution in [1.82, 2.24) is 20.0 Å². The van der Waals surface area contributed by atoms with Crippen molar-refractivity contribution in [3.63, 3.8) is 0 Å². The average Bonchev–Trinajstić information content (AvgIpc) is 2.91. The summed E-state index contributed by atoms with van der Waals surface area (Å²) >= 11 is 0. The van der Waals surface area contributed by atoms with Gasteiger partial charge >= 0.3 is 0 Å². The van der Waals surface area contributed by atoms with Crippen LogP contribution in [0.5, 0.6) is 0 Å². The second-order valence-electron chi connectivity index (χ2n) is 5.21. The molecule has 0 bridgehead atoms. The van der Waals surface area contributed by atoms with Crippen LogP contribution in [0, 0.1) is 6.92 Å². The van der Waals surface area contributed by atoms with E-state index in [2.05, 4.69) is 25.3 Å². The first-order valence-electron chi connectivity index (χ1n) is 6.89. The van der Waals surface area contributed by atoms with Gasteiger partial charge in [0.05, 0.1) is 17.4 Å². The van der Waals surface area contributed by atoms with E-state index < -0.39 is 0 Å². The number of carbonyl (C=O) groups is 1. The van der Waals surface area contributed by atoms with Gasteiger partial charge in [-0.25, -0.2) is 9.97 Å². The van der Waals surface area contributed by atoms with Crippen molar-refractivity contribution in [3.05, 3.63) is 35.5 Å². The highest BCUT2D eigenvalue weighted by Crippen LogP contribution is 2.18. The van der Waals surface area contributed by atoms with Crippen molar-refractivity contribution >= 4 is 11.8 Å². The van der Waals surface area contributed by atoms with E-state index in [4.69, 9.17) is 4.52 Å². The Hall–Kier alpha value is -2.28. The molecule has 1 amide bonds. The molecule has 7 nitrogen and oxygen atoms in total. The fraction of sp³-hybridized carbons (Fsp3) is 0.429. The second-order valence-corrected chi connectivity index (χ2v) is 5.21. The standard InChI is InChI=1S/C14H17N5O2/c1-9-5-13(21-18-9)17-14(20)10(2)19-4-3-11-6-15-8-16-12(11)7-19/h5-6,8,10H,3-4,7H2,1-2H3,(H,17,20)/t10-/m0/s1. The lowest BCUT2D eigenvalue weighted by Gasteiger charge is -2.31. The normalized spacial score (nSPS) is 16.3. The molecule has 21 heavy (non-hydrogen) atoms. The first kappa shape index (κ1) is 13.7. The number of carbonyl (C=O) groups excluding carboxylic acids is 1. The lowest BCUT2D eigenvalue weighted by molar-refractivity contribution is -0.121. The molecule has 7 heteroatoms. The zero-order valence-electron chi connectivity index (χ0n) is 12.0. The lowest BCUT2D eigenvalue weighted by Crippen LogP contribution is -2.44. The van der Waals surface area contributed by atoms with E-state index in [0.29, 0.717) is 12.4 Å². The summed E-state index contributed by atoms with van der Waals surface area (Å²) < 4.78 is 5.01. The summed E-state index contributed by atoms with van der Waals surface area (Å²) in [5, 5.41) is 6.49. The Morgan fingerprint density at radius 3 is 3.14 bits per heavy atom. The number of aryl methyl sites for hydroxylation is 1. The van der Waals surface area contributed by atoms with Crippen molar-refractivity contribution in [1.29, 1.82) is 0 Å². The molecule has 0 saturated heterocycles. The molecule has 1 aliphatic heterocycles. The van der Waals surface area contributed by atoms with Crippen LogP contribution in [0.15, 0.2) is 23.1 Å². The molecule has 2 aromatic heterocycles. The predicted molar refractivity (Wildman–Crippen MR) is 75.5 cm³/mol. The molecule has 1 atom stereocenters. The van der Waals surface area contributed by atoms with Crippen LogP contribution in [0.25, 0.3) is 0 Å². The van der Waals surface area contributed by atoms with Gasteiger partial charge in [-0.05, 0) is 25.8 Å². The number of fused-ring (bicyclic) bond motifs is 1. The van der Waals surface area contributed by atoms with E-state index in [0.717, 1.165) is 29.9 Å². The molecule has 0 saturated carbocycles. The number of nitrogens with zero attached hydrogens (tertiary/aromatic N) is 4. The fourth-order valence-electron chi connectivity index (χ4n) is 2.42. The lowest BCUT2D eigenvalue weighted by atomic mass is 10.1. The molecule has 2 aromatic rings. The Morgan fingerprint density at radius 2 is 2.38 bits per heavy atom. The van der Waals surface area contributed by atoms with Crippen molar-refractivity contribution in [2.75, 3.05) is 11.9 Å². The largest absolute Gasteiger partial charge is 0.338 e. The third kappa shape index (κ3) is 2.92. The fourth-order valence-corrected chi connectivity index (χ4v) is 2.42. The Labute approximate surface area is 122 Å². The van der Waals surface area contributed by atoms with Crippen molar-refractivity contribution in [2.45, 2.75) is 32.9 Å². The topological polar surface area (TPSA) is 84.2 Å². The third-order valence-corrected chi connectivity index (χ3v) is 3.70. The summed E-state index contributed by atoms with van der Waals surface area (Å²) in [6.45, 7) is 5.15. The van der Waals surface area contributed by atoms with E-state index in [9.17, 15) is 4.79 Å². The zero-order valence-corrected chi connectivity index (χ0v) is 12.0. The average molecular weight is 287 g/mol. The molecular formula is C14H17N5O2. The quantitative estimate of drug-likeness (QED) is 0.912. The van der Waals surface area contributed by atoms with Gasteiger partial charge in [0.2, 0.25) is 11.8 Å². The highest BCUT2D eigenvalue weighted by atomic mass is 16.5. The predicted octanol–water partition coefficient (Wildman–Crippen LogP) is 1.16. The minimum absolute atomic E-state index is 0.108. The van der Waals surface area contributed by atoms with Crippen LogP contribution in [-0.2, 0) is 17.8 Å². The number of hydrogen-bond acceptors (Lipinski definition) is 6. The van der Waals surface area contributed by atoms with E-state index in [1.165, 1.54) is 0 Å². The highest BCUT2D eigenvalue weighted by molar-refractivity contribution is 5.93.